The molecule has 0 bridgehead atoms. The zero-order valence-corrected chi connectivity index (χ0v) is 9.45. The lowest BCUT2D eigenvalue weighted by atomic mass is 10.5. The van der Waals surface area contributed by atoms with Crippen molar-refractivity contribution in [2.24, 2.45) is 0 Å². The standard InChI is InChI=1S/C6H9NS2.HI/c1-8-6-4-2-3-5-9(6)7;/h2-7H,1H3;1H. The normalized spacial score (nSPS) is 29.7. The molecule has 0 amide bonds. The minimum atomic E-state index is -0.0324. The van der Waals surface area contributed by atoms with Gasteiger partial charge in [0, 0.05) is 5.41 Å². The first kappa shape index (κ1) is 10.7. The fourth-order valence-electron chi connectivity index (χ4n) is 0.649. The average Bonchev–Trinajstić information content (AvgIpc) is 1.89. The molecule has 0 aromatic rings. The molecule has 1 aliphatic heterocycles. The molecule has 0 fully saturated rings. The van der Waals surface area contributed by atoms with E-state index in [0.717, 1.165) is 0 Å². The minimum absolute atomic E-state index is 0. The molecule has 0 aromatic carbocycles. The predicted molar refractivity (Wildman–Crippen MR) is 44.9 cm³/mol. The second-order valence-corrected chi connectivity index (χ2v) is 4.60. The van der Waals surface area contributed by atoms with E-state index in [4.69, 9.17) is 4.78 Å². The smallest absolute Gasteiger partial charge is 0.122 e. The number of halogens is 1. The largest absolute Gasteiger partial charge is 1.00 e. The summed E-state index contributed by atoms with van der Waals surface area (Å²) in [5.41, 5.74) is 0. The molecule has 2 N–H and O–H groups in total. The van der Waals surface area contributed by atoms with Crippen LogP contribution in [-0.2, 0) is 10.7 Å². The zero-order chi connectivity index (χ0) is 6.69. The van der Waals surface area contributed by atoms with Crippen LogP contribution in [-0.4, -0.2) is 10.8 Å². The van der Waals surface area contributed by atoms with Gasteiger partial charge < -0.3 is 24.0 Å². The van der Waals surface area contributed by atoms with Crippen molar-refractivity contribution in [1.29, 1.82) is 0 Å². The molecular weight excluding hydrogens is 277 g/mol. The van der Waals surface area contributed by atoms with Gasteiger partial charge >= 0.3 is 0 Å². The van der Waals surface area contributed by atoms with Crippen LogP contribution < -0.4 is 28.8 Å². The number of rotatable bonds is 1. The highest BCUT2D eigenvalue weighted by molar-refractivity contribution is 8.11. The third-order valence-electron chi connectivity index (χ3n) is 1.12. The molecule has 0 radical (unpaired) electrons. The maximum atomic E-state index is 5.76. The first-order chi connectivity index (χ1) is 4.34. The number of thioether (sulfide) groups is 1. The van der Waals surface area contributed by atoms with E-state index in [-0.39, 0.29) is 34.7 Å². The lowest BCUT2D eigenvalue weighted by Crippen LogP contribution is -3.00. The Balaban J connectivity index is 0.000000810. The van der Waals surface area contributed by atoms with Gasteiger partial charge in [0.05, 0.1) is 10.7 Å². The van der Waals surface area contributed by atoms with Crippen LogP contribution in [0.5, 0.6) is 0 Å². The van der Waals surface area contributed by atoms with E-state index >= 15 is 0 Å². The van der Waals surface area contributed by atoms with Crippen molar-refractivity contribution < 1.29 is 28.8 Å². The van der Waals surface area contributed by atoms with Gasteiger partial charge in [0.1, 0.15) is 4.58 Å². The molecule has 0 saturated heterocycles. The SMILES string of the molecule is CSC1C=CC=CS1=[NH2+].[I-]. The maximum Gasteiger partial charge on any atom is 0.122 e. The van der Waals surface area contributed by atoms with E-state index in [2.05, 4.69) is 23.8 Å². The molecule has 0 spiro atoms. The van der Waals surface area contributed by atoms with Gasteiger partial charge in [-0.1, -0.05) is 18.2 Å². The summed E-state index contributed by atoms with van der Waals surface area (Å²) in [6.07, 6.45) is 8.29. The molecule has 0 saturated carbocycles. The fourth-order valence-corrected chi connectivity index (χ4v) is 2.68. The molecule has 0 aliphatic carbocycles. The summed E-state index contributed by atoms with van der Waals surface area (Å²) in [6.45, 7) is 0. The van der Waals surface area contributed by atoms with Gasteiger partial charge in [-0.3, -0.25) is 0 Å². The summed E-state index contributed by atoms with van der Waals surface area (Å²) in [6, 6.07) is 0. The van der Waals surface area contributed by atoms with Crippen LogP contribution in [0.15, 0.2) is 23.6 Å². The predicted octanol–water partition coefficient (Wildman–Crippen LogP) is -2.68. The second kappa shape index (κ2) is 5.37. The number of allylic oxidation sites excluding steroid dienone is 2. The summed E-state index contributed by atoms with van der Waals surface area (Å²) in [7, 11) is -0.0324. The van der Waals surface area contributed by atoms with Gasteiger partial charge in [-0.15, -0.1) is 11.8 Å². The zero-order valence-electron chi connectivity index (χ0n) is 5.66. The molecule has 4 heteroatoms. The van der Waals surface area contributed by atoms with Gasteiger partial charge in [-0.05, 0) is 6.26 Å². The van der Waals surface area contributed by atoms with E-state index in [1.165, 1.54) is 0 Å². The van der Waals surface area contributed by atoms with Crippen LogP contribution in [0.2, 0.25) is 0 Å². The third-order valence-corrected chi connectivity index (χ3v) is 4.15. The van der Waals surface area contributed by atoms with Crippen LogP contribution >= 0.6 is 11.8 Å². The Bertz CT molecular complexity index is 177. The van der Waals surface area contributed by atoms with Crippen molar-refractivity contribution >= 4 is 22.5 Å². The fraction of sp³-hybridized carbons (Fsp3) is 0.333. The Hall–Kier alpha value is 0.710. The van der Waals surface area contributed by atoms with Crippen LogP contribution in [0.25, 0.3) is 0 Å². The first-order valence-corrected chi connectivity index (χ1v) is 5.39. The highest BCUT2D eigenvalue weighted by Gasteiger charge is 2.10. The molecule has 58 valence electrons. The van der Waals surface area contributed by atoms with Crippen molar-refractivity contribution in [2.75, 3.05) is 6.26 Å². The van der Waals surface area contributed by atoms with Gasteiger partial charge in [-0.25, -0.2) is 4.78 Å². The summed E-state index contributed by atoms with van der Waals surface area (Å²) in [5, 5.41) is 2.06. The second-order valence-electron chi connectivity index (χ2n) is 1.73. The van der Waals surface area contributed by atoms with Gasteiger partial charge in [0.2, 0.25) is 0 Å². The van der Waals surface area contributed by atoms with Crippen molar-refractivity contribution in [2.45, 2.75) is 4.58 Å². The van der Waals surface area contributed by atoms with Crippen LogP contribution in [0, 0.1) is 0 Å². The summed E-state index contributed by atoms with van der Waals surface area (Å²) in [4.78, 5) is 0. The van der Waals surface area contributed by atoms with E-state index in [0.29, 0.717) is 4.58 Å². The van der Waals surface area contributed by atoms with E-state index < -0.39 is 0 Å². The molecule has 1 rings (SSSR count). The molecule has 2 atom stereocenters. The van der Waals surface area contributed by atoms with Crippen molar-refractivity contribution in [3.63, 3.8) is 0 Å². The van der Waals surface area contributed by atoms with Gasteiger partial charge in [0.25, 0.3) is 0 Å². The Morgan fingerprint density at radius 1 is 1.50 bits per heavy atom. The first-order valence-electron chi connectivity index (χ1n) is 2.68. The van der Waals surface area contributed by atoms with E-state index in [1.807, 2.05) is 6.08 Å². The lowest BCUT2D eigenvalue weighted by Gasteiger charge is -2.06. The molecule has 0 aromatic heterocycles. The van der Waals surface area contributed by atoms with Crippen LogP contribution in [0.1, 0.15) is 0 Å². The average molecular weight is 287 g/mol. The summed E-state index contributed by atoms with van der Waals surface area (Å²) >= 11 is 1.80. The maximum absolute atomic E-state index is 5.76. The van der Waals surface area contributed by atoms with Gasteiger partial charge in [-0.2, -0.15) is 0 Å². The Labute approximate surface area is 85.3 Å². The minimum Gasteiger partial charge on any atom is -1.00 e. The third kappa shape index (κ3) is 2.75. The Morgan fingerprint density at radius 3 is 2.60 bits per heavy atom. The van der Waals surface area contributed by atoms with Gasteiger partial charge in [0.15, 0.2) is 0 Å². The molecular formula is C6H10INS2. The highest BCUT2D eigenvalue weighted by atomic mass is 127. The highest BCUT2D eigenvalue weighted by Crippen LogP contribution is 2.15. The molecule has 1 aliphatic rings. The molecule has 10 heavy (non-hydrogen) atoms. The Morgan fingerprint density at radius 2 is 2.20 bits per heavy atom. The Kier molecular flexibility index (Phi) is 5.75. The van der Waals surface area contributed by atoms with Crippen molar-refractivity contribution in [1.82, 2.24) is 0 Å². The van der Waals surface area contributed by atoms with Crippen molar-refractivity contribution in [3.8, 4) is 0 Å². The molecule has 1 nitrogen and oxygen atoms in total. The van der Waals surface area contributed by atoms with E-state index in [9.17, 15) is 0 Å². The molecule has 2 unspecified atom stereocenters. The van der Waals surface area contributed by atoms with E-state index in [1.54, 1.807) is 11.8 Å². The summed E-state index contributed by atoms with van der Waals surface area (Å²) < 4.78 is 6.27. The topological polar surface area (TPSA) is 25.6 Å². The quantitative estimate of drug-likeness (QED) is 0.523. The number of hydrogen-bond acceptors (Lipinski definition) is 1. The van der Waals surface area contributed by atoms with Crippen molar-refractivity contribution in [3.05, 3.63) is 23.6 Å². The number of hydrogen-bond donors (Lipinski definition) is 1. The summed E-state index contributed by atoms with van der Waals surface area (Å²) in [5.74, 6) is 0. The monoisotopic (exact) mass is 287 g/mol. The number of nitrogens with two attached hydrogens (primary N) is 1. The van der Waals surface area contributed by atoms with Crippen LogP contribution in [0.4, 0.5) is 0 Å². The van der Waals surface area contributed by atoms with Crippen LogP contribution in [0.3, 0.4) is 0 Å². The lowest BCUT2D eigenvalue weighted by molar-refractivity contribution is -0.0743. The molecule has 1 heterocycles.